The van der Waals surface area contributed by atoms with Gasteiger partial charge in [-0.1, -0.05) is 0 Å². The zero-order chi connectivity index (χ0) is 15.0. The molecule has 110 valence electrons. The molecule has 0 radical (unpaired) electrons. The van der Waals surface area contributed by atoms with Crippen LogP contribution in [0.4, 0.5) is 13.2 Å². The van der Waals surface area contributed by atoms with E-state index in [1.165, 1.54) is 17.4 Å². The third-order valence-corrected chi connectivity index (χ3v) is 3.99. The minimum atomic E-state index is -4.37. The summed E-state index contributed by atoms with van der Waals surface area (Å²) in [6.07, 6.45) is -3.87. The zero-order valence-electron chi connectivity index (χ0n) is 10.7. The second kappa shape index (κ2) is 5.35. The Hall–Kier alpha value is -1.53. The summed E-state index contributed by atoms with van der Waals surface area (Å²) in [6, 6.07) is 5.52. The van der Waals surface area contributed by atoms with Crippen LogP contribution in [0.25, 0.3) is 16.7 Å². The Balaban J connectivity index is 2.23. The smallest absolute Gasteiger partial charge is 0.295 e. The molecule has 0 fully saturated rings. The van der Waals surface area contributed by atoms with Gasteiger partial charge in [-0.3, -0.25) is 4.57 Å². The summed E-state index contributed by atoms with van der Waals surface area (Å²) in [4.78, 5) is 4.32. The van der Waals surface area contributed by atoms with Crippen molar-refractivity contribution in [3.8, 4) is 5.69 Å². The van der Waals surface area contributed by atoms with Crippen molar-refractivity contribution in [2.24, 2.45) is 0 Å². The molecule has 2 heterocycles. The molecule has 0 spiro atoms. The lowest BCUT2D eigenvalue weighted by molar-refractivity contribution is -0.137. The predicted molar refractivity (Wildman–Crippen MR) is 78.4 cm³/mol. The molecule has 0 aliphatic rings. The summed E-state index contributed by atoms with van der Waals surface area (Å²) in [5.41, 5.74) is 1.18. The molecule has 3 rings (SSSR count). The van der Waals surface area contributed by atoms with Crippen molar-refractivity contribution in [3.05, 3.63) is 46.4 Å². The monoisotopic (exact) mass is 330 g/mol. The minimum Gasteiger partial charge on any atom is -0.295 e. The lowest BCUT2D eigenvalue weighted by Crippen LogP contribution is -2.04. The number of imidazole rings is 1. The predicted octanol–water partition coefficient (Wildman–Crippen LogP) is 4.89. The van der Waals surface area contributed by atoms with Crippen molar-refractivity contribution in [3.63, 3.8) is 0 Å². The van der Waals surface area contributed by atoms with E-state index in [0.29, 0.717) is 29.2 Å². The maximum Gasteiger partial charge on any atom is 0.416 e. The normalized spacial score (nSPS) is 12.2. The molecule has 0 atom stereocenters. The Kier molecular flexibility index (Phi) is 3.67. The van der Waals surface area contributed by atoms with Gasteiger partial charge in [0.2, 0.25) is 0 Å². The second-order valence-electron chi connectivity index (χ2n) is 4.49. The van der Waals surface area contributed by atoms with Crippen LogP contribution in [0.1, 0.15) is 11.4 Å². The highest BCUT2D eigenvalue weighted by Crippen LogP contribution is 2.32. The molecule has 2 aromatic heterocycles. The van der Waals surface area contributed by atoms with Crippen molar-refractivity contribution in [1.82, 2.24) is 9.55 Å². The van der Waals surface area contributed by atoms with Gasteiger partial charge in [-0.25, -0.2) is 4.98 Å². The molecule has 0 bridgehead atoms. The van der Waals surface area contributed by atoms with Gasteiger partial charge in [0.25, 0.3) is 0 Å². The number of alkyl halides is 4. The van der Waals surface area contributed by atoms with E-state index in [9.17, 15) is 13.2 Å². The van der Waals surface area contributed by atoms with Crippen molar-refractivity contribution in [1.29, 1.82) is 0 Å². The maximum absolute atomic E-state index is 12.8. The van der Waals surface area contributed by atoms with Crippen LogP contribution in [0.3, 0.4) is 0 Å². The summed E-state index contributed by atoms with van der Waals surface area (Å²) in [5.74, 6) is 1.03. The number of hydrogen-bond acceptors (Lipinski definition) is 2. The number of nitrogens with zero attached hydrogens (tertiary/aromatic N) is 2. The number of thiophene rings is 1. The largest absolute Gasteiger partial charge is 0.416 e. The van der Waals surface area contributed by atoms with Gasteiger partial charge >= 0.3 is 6.18 Å². The number of benzene rings is 1. The van der Waals surface area contributed by atoms with E-state index in [0.717, 1.165) is 17.8 Å². The fourth-order valence-electron chi connectivity index (χ4n) is 2.23. The Morgan fingerprint density at radius 2 is 2.05 bits per heavy atom. The van der Waals surface area contributed by atoms with Crippen LogP contribution in [0, 0.1) is 0 Å². The van der Waals surface area contributed by atoms with Crippen molar-refractivity contribution in [2.75, 3.05) is 5.88 Å². The quantitative estimate of drug-likeness (QED) is 0.625. The van der Waals surface area contributed by atoms with Crippen LogP contribution < -0.4 is 0 Å². The highest BCUT2D eigenvalue weighted by Gasteiger charge is 2.31. The fraction of sp³-hybridized carbons (Fsp3) is 0.214. The first-order valence-corrected chi connectivity index (χ1v) is 7.65. The number of rotatable bonds is 3. The third-order valence-electron chi connectivity index (χ3n) is 3.13. The summed E-state index contributed by atoms with van der Waals surface area (Å²) in [6.45, 7) is 0. The van der Waals surface area contributed by atoms with Gasteiger partial charge in [-0.2, -0.15) is 24.5 Å². The second-order valence-corrected chi connectivity index (χ2v) is 5.64. The van der Waals surface area contributed by atoms with Gasteiger partial charge < -0.3 is 0 Å². The Labute approximate surface area is 127 Å². The van der Waals surface area contributed by atoms with Gasteiger partial charge in [-0.05, 0) is 29.6 Å². The van der Waals surface area contributed by atoms with Crippen molar-refractivity contribution in [2.45, 2.75) is 12.6 Å². The topological polar surface area (TPSA) is 17.8 Å². The van der Waals surface area contributed by atoms with Crippen molar-refractivity contribution < 1.29 is 13.2 Å². The molecule has 7 heteroatoms. The third kappa shape index (κ3) is 2.65. The van der Waals surface area contributed by atoms with Crippen LogP contribution in [0.2, 0.25) is 0 Å². The van der Waals surface area contributed by atoms with E-state index in [2.05, 4.69) is 4.98 Å². The average molecular weight is 331 g/mol. The molecule has 2 nitrogen and oxygen atoms in total. The van der Waals surface area contributed by atoms with Crippen LogP contribution in [0.15, 0.2) is 35.0 Å². The summed E-state index contributed by atoms with van der Waals surface area (Å²) in [5, 5.41) is 3.84. The molecule has 0 saturated carbocycles. The molecule has 1 aromatic carbocycles. The minimum absolute atomic E-state index is 0.330. The van der Waals surface area contributed by atoms with Gasteiger partial charge in [0.15, 0.2) is 0 Å². The number of halogens is 4. The summed E-state index contributed by atoms with van der Waals surface area (Å²) < 4.78 is 40.2. The van der Waals surface area contributed by atoms with Crippen LogP contribution >= 0.6 is 22.9 Å². The molecule has 0 aliphatic carbocycles. The molecule has 0 N–H and O–H groups in total. The first-order valence-electron chi connectivity index (χ1n) is 6.18. The molecule has 21 heavy (non-hydrogen) atoms. The first-order chi connectivity index (χ1) is 10.0. The fourth-order valence-corrected chi connectivity index (χ4v) is 3.02. The number of fused-ring (bicyclic) bond motifs is 1. The number of hydrogen-bond donors (Lipinski definition) is 0. The highest BCUT2D eigenvalue weighted by molar-refractivity contribution is 7.08. The molecule has 0 amide bonds. The Morgan fingerprint density at radius 1 is 1.24 bits per heavy atom. The number of aryl methyl sites for hydroxylation is 1. The van der Waals surface area contributed by atoms with Crippen LogP contribution in [-0.2, 0) is 12.6 Å². The van der Waals surface area contributed by atoms with Gasteiger partial charge in [0, 0.05) is 17.7 Å². The van der Waals surface area contributed by atoms with E-state index in [1.54, 1.807) is 0 Å². The standard InChI is InChI=1S/C14H10ClF3N2S/c15-5-3-13-19-11-7-9(14(16,17)18)1-2-12(11)20(13)10-4-6-21-8-10/h1-2,4,6-8H,3,5H2. The van der Waals surface area contributed by atoms with Crippen molar-refractivity contribution >= 4 is 34.0 Å². The van der Waals surface area contributed by atoms with E-state index < -0.39 is 11.7 Å². The summed E-state index contributed by atoms with van der Waals surface area (Å²) >= 11 is 7.29. The molecular formula is C14H10ClF3N2S. The molecule has 0 aliphatic heterocycles. The molecule has 0 unspecified atom stereocenters. The van der Waals surface area contributed by atoms with Gasteiger partial charge in [0.05, 0.1) is 22.3 Å². The first kappa shape index (κ1) is 14.4. The van der Waals surface area contributed by atoms with E-state index in [4.69, 9.17) is 11.6 Å². The lowest BCUT2D eigenvalue weighted by atomic mass is 10.2. The molecule has 0 saturated heterocycles. The Morgan fingerprint density at radius 3 is 2.67 bits per heavy atom. The van der Waals surface area contributed by atoms with Gasteiger partial charge in [-0.15, -0.1) is 11.6 Å². The molecule has 3 aromatic rings. The number of aromatic nitrogens is 2. The lowest BCUT2D eigenvalue weighted by Gasteiger charge is -2.07. The summed E-state index contributed by atoms with van der Waals surface area (Å²) in [7, 11) is 0. The van der Waals surface area contributed by atoms with Crippen LogP contribution in [-0.4, -0.2) is 15.4 Å². The maximum atomic E-state index is 12.8. The molecular weight excluding hydrogens is 321 g/mol. The SMILES string of the molecule is FC(F)(F)c1ccc2c(c1)nc(CCCl)n2-c1ccsc1. The van der Waals surface area contributed by atoms with E-state index >= 15 is 0 Å². The van der Waals surface area contributed by atoms with E-state index in [1.807, 2.05) is 21.4 Å². The van der Waals surface area contributed by atoms with Crippen LogP contribution in [0.5, 0.6) is 0 Å². The van der Waals surface area contributed by atoms with E-state index in [-0.39, 0.29) is 0 Å². The van der Waals surface area contributed by atoms with Gasteiger partial charge in [0.1, 0.15) is 5.82 Å². The highest BCUT2D eigenvalue weighted by atomic mass is 35.5. The average Bonchev–Trinajstić information content (AvgIpc) is 3.03. The zero-order valence-corrected chi connectivity index (χ0v) is 12.3. The Bertz CT molecular complexity index is 762.